The average Bonchev–Trinajstić information content (AvgIpc) is 2.68. The van der Waals surface area contributed by atoms with Gasteiger partial charge in [0, 0.05) is 5.69 Å². The van der Waals surface area contributed by atoms with Gasteiger partial charge in [-0.05, 0) is 40.2 Å². The Morgan fingerprint density at radius 3 is 2.72 bits per heavy atom. The molecule has 3 nitrogen and oxygen atoms in total. The molecule has 6 heteroatoms. The maximum absolute atomic E-state index is 12.3. The Balaban J connectivity index is 2.48. The van der Waals surface area contributed by atoms with Gasteiger partial charge in [-0.3, -0.25) is 4.79 Å². The molecule has 0 unspecified atom stereocenters. The Morgan fingerprint density at radius 1 is 1.44 bits per heavy atom. The van der Waals surface area contributed by atoms with E-state index in [0.29, 0.717) is 26.9 Å². The molecule has 0 spiro atoms. The van der Waals surface area contributed by atoms with Crippen molar-refractivity contribution in [2.75, 3.05) is 12.8 Å². The third kappa shape index (κ3) is 2.53. The van der Waals surface area contributed by atoms with E-state index in [1.165, 1.54) is 18.4 Å². The van der Waals surface area contributed by atoms with Gasteiger partial charge >= 0.3 is 0 Å². The fourth-order valence-electron chi connectivity index (χ4n) is 1.49. The number of ketones is 1. The van der Waals surface area contributed by atoms with Crippen LogP contribution >= 0.6 is 38.9 Å². The number of nitrogen functional groups attached to an aromatic ring is 1. The lowest BCUT2D eigenvalue weighted by Crippen LogP contribution is -2.03. The molecule has 0 saturated heterocycles. The van der Waals surface area contributed by atoms with Crippen LogP contribution in [0.1, 0.15) is 15.2 Å². The fraction of sp³-hybridized carbons (Fsp3) is 0.0833. The second-order valence-corrected chi connectivity index (χ2v) is 6.30. The first-order valence-corrected chi connectivity index (χ1v) is 6.94. The Kier molecular flexibility index (Phi) is 3.94. The van der Waals surface area contributed by atoms with Crippen molar-refractivity contribution in [3.05, 3.63) is 43.5 Å². The quantitative estimate of drug-likeness (QED) is 0.675. The number of benzene rings is 1. The molecule has 1 aromatic carbocycles. The molecule has 0 aliphatic carbocycles. The Hall–Kier alpha value is -1.04. The number of hydrogen-bond donors (Lipinski definition) is 1. The van der Waals surface area contributed by atoms with E-state index >= 15 is 0 Å². The molecule has 0 fully saturated rings. The predicted octanol–water partition coefficient (Wildman–Crippen LogP) is 3.99. The normalized spacial score (nSPS) is 10.4. The van der Waals surface area contributed by atoms with E-state index in [4.69, 9.17) is 22.1 Å². The molecule has 2 rings (SSSR count). The molecule has 18 heavy (non-hydrogen) atoms. The monoisotopic (exact) mass is 345 g/mol. The zero-order valence-corrected chi connectivity index (χ0v) is 12.5. The van der Waals surface area contributed by atoms with Crippen molar-refractivity contribution in [1.29, 1.82) is 0 Å². The SMILES string of the molecule is COc1ccc(N)cc1C(=O)c1cc(Cl)c(Br)s1. The highest BCUT2D eigenvalue weighted by atomic mass is 79.9. The van der Waals surface area contributed by atoms with Crippen LogP contribution in [-0.2, 0) is 0 Å². The van der Waals surface area contributed by atoms with Crippen molar-refractivity contribution in [3.8, 4) is 5.75 Å². The van der Waals surface area contributed by atoms with Crippen LogP contribution in [0.3, 0.4) is 0 Å². The number of anilines is 1. The molecule has 0 radical (unpaired) electrons. The highest BCUT2D eigenvalue weighted by molar-refractivity contribution is 9.11. The molecular weight excluding hydrogens is 338 g/mol. The van der Waals surface area contributed by atoms with Gasteiger partial charge < -0.3 is 10.5 Å². The fourth-order valence-corrected chi connectivity index (χ4v) is 3.15. The van der Waals surface area contributed by atoms with Crippen LogP contribution < -0.4 is 10.5 Å². The van der Waals surface area contributed by atoms with Crippen LogP contribution in [0.25, 0.3) is 0 Å². The topological polar surface area (TPSA) is 52.3 Å². The molecule has 2 N–H and O–H groups in total. The van der Waals surface area contributed by atoms with E-state index < -0.39 is 0 Å². The van der Waals surface area contributed by atoms with Crippen molar-refractivity contribution in [1.82, 2.24) is 0 Å². The molecule has 1 heterocycles. The van der Waals surface area contributed by atoms with Gasteiger partial charge in [0.05, 0.1) is 26.4 Å². The van der Waals surface area contributed by atoms with Crippen LogP contribution in [0.2, 0.25) is 5.02 Å². The standard InChI is InChI=1S/C12H9BrClNO2S/c1-17-9-3-2-6(15)4-7(9)11(16)10-5-8(14)12(13)18-10/h2-5H,15H2,1H3. The second kappa shape index (κ2) is 5.30. The Labute approximate surface area is 122 Å². The van der Waals surface area contributed by atoms with E-state index in [1.54, 1.807) is 24.3 Å². The van der Waals surface area contributed by atoms with Gasteiger partial charge in [-0.2, -0.15) is 0 Å². The summed E-state index contributed by atoms with van der Waals surface area (Å²) in [6, 6.07) is 6.59. The Morgan fingerprint density at radius 2 is 2.17 bits per heavy atom. The number of carbonyl (C=O) groups excluding carboxylic acids is 1. The molecular formula is C12H9BrClNO2S. The minimum atomic E-state index is -0.156. The first-order valence-electron chi connectivity index (χ1n) is 4.96. The number of thiophene rings is 1. The van der Waals surface area contributed by atoms with Gasteiger partial charge in [-0.15, -0.1) is 11.3 Å². The lowest BCUT2D eigenvalue weighted by Gasteiger charge is -2.07. The minimum Gasteiger partial charge on any atom is -0.496 e. The summed E-state index contributed by atoms with van der Waals surface area (Å²) in [4.78, 5) is 12.9. The summed E-state index contributed by atoms with van der Waals surface area (Å²) in [5.41, 5.74) is 6.64. The third-order valence-electron chi connectivity index (χ3n) is 2.34. The molecule has 0 aliphatic rings. The van der Waals surface area contributed by atoms with Crippen molar-refractivity contribution in [2.24, 2.45) is 0 Å². The lowest BCUT2D eigenvalue weighted by molar-refractivity contribution is 0.103. The second-order valence-electron chi connectivity index (χ2n) is 3.52. The first kappa shape index (κ1) is 13.4. The van der Waals surface area contributed by atoms with Crippen molar-refractivity contribution in [3.63, 3.8) is 0 Å². The maximum Gasteiger partial charge on any atom is 0.206 e. The predicted molar refractivity (Wildman–Crippen MR) is 77.9 cm³/mol. The molecule has 0 atom stereocenters. The first-order chi connectivity index (χ1) is 8.52. The Bertz CT molecular complexity index is 593. The van der Waals surface area contributed by atoms with Gasteiger partial charge in [0.2, 0.25) is 5.78 Å². The summed E-state index contributed by atoms with van der Waals surface area (Å²) in [6.45, 7) is 0. The van der Waals surface area contributed by atoms with E-state index in [-0.39, 0.29) is 5.78 Å². The molecule has 0 amide bonds. The number of carbonyl (C=O) groups is 1. The molecule has 2 aromatic rings. The summed E-state index contributed by atoms with van der Waals surface area (Å²) >= 11 is 10.5. The zero-order chi connectivity index (χ0) is 13.3. The highest BCUT2D eigenvalue weighted by Crippen LogP contribution is 2.34. The van der Waals surface area contributed by atoms with Gasteiger partial charge in [-0.1, -0.05) is 11.6 Å². The van der Waals surface area contributed by atoms with Gasteiger partial charge in [0.1, 0.15) is 5.75 Å². The van der Waals surface area contributed by atoms with Crippen LogP contribution in [0.4, 0.5) is 5.69 Å². The van der Waals surface area contributed by atoms with Gasteiger partial charge in [0.25, 0.3) is 0 Å². The summed E-state index contributed by atoms with van der Waals surface area (Å²) in [5, 5.41) is 0.520. The number of rotatable bonds is 3. The van der Waals surface area contributed by atoms with Gasteiger partial charge in [0.15, 0.2) is 0 Å². The summed E-state index contributed by atoms with van der Waals surface area (Å²) in [6.07, 6.45) is 0. The van der Waals surface area contributed by atoms with Crippen molar-refractivity contribution in [2.45, 2.75) is 0 Å². The minimum absolute atomic E-state index is 0.156. The van der Waals surface area contributed by atoms with Crippen molar-refractivity contribution < 1.29 is 9.53 Å². The van der Waals surface area contributed by atoms with Crippen LogP contribution in [-0.4, -0.2) is 12.9 Å². The smallest absolute Gasteiger partial charge is 0.206 e. The maximum atomic E-state index is 12.3. The van der Waals surface area contributed by atoms with E-state index in [9.17, 15) is 4.79 Å². The molecule has 1 aromatic heterocycles. The molecule has 0 aliphatic heterocycles. The van der Waals surface area contributed by atoms with Crippen LogP contribution in [0.15, 0.2) is 28.1 Å². The largest absolute Gasteiger partial charge is 0.496 e. The average molecular weight is 347 g/mol. The summed E-state index contributed by atoms with van der Waals surface area (Å²) in [7, 11) is 1.51. The summed E-state index contributed by atoms with van der Waals surface area (Å²) in [5.74, 6) is 0.339. The number of hydrogen-bond acceptors (Lipinski definition) is 4. The lowest BCUT2D eigenvalue weighted by atomic mass is 10.1. The highest BCUT2D eigenvalue weighted by Gasteiger charge is 2.18. The zero-order valence-electron chi connectivity index (χ0n) is 9.37. The van der Waals surface area contributed by atoms with Crippen LogP contribution in [0, 0.1) is 0 Å². The third-order valence-corrected chi connectivity index (χ3v) is 4.81. The van der Waals surface area contributed by atoms with E-state index in [2.05, 4.69) is 15.9 Å². The number of ether oxygens (including phenoxy) is 1. The summed E-state index contributed by atoms with van der Waals surface area (Å²) < 4.78 is 5.90. The number of methoxy groups -OCH3 is 1. The molecule has 0 bridgehead atoms. The number of nitrogens with two attached hydrogens (primary N) is 1. The number of halogens is 2. The van der Waals surface area contributed by atoms with Gasteiger partial charge in [-0.25, -0.2) is 0 Å². The van der Waals surface area contributed by atoms with Crippen molar-refractivity contribution >= 4 is 50.3 Å². The molecule has 0 saturated carbocycles. The van der Waals surface area contributed by atoms with Crippen LogP contribution in [0.5, 0.6) is 5.75 Å². The van der Waals surface area contributed by atoms with E-state index in [0.717, 1.165) is 3.79 Å². The molecule has 94 valence electrons. The van der Waals surface area contributed by atoms with E-state index in [1.807, 2.05) is 0 Å².